The first-order chi connectivity index (χ1) is 20.2. The Hall–Kier alpha value is -4.83. The summed E-state index contributed by atoms with van der Waals surface area (Å²) in [6.07, 6.45) is 7.25. The second kappa shape index (κ2) is 13.0. The van der Waals surface area contributed by atoms with Crippen LogP contribution in [0.3, 0.4) is 0 Å². The van der Waals surface area contributed by atoms with Crippen LogP contribution in [0.15, 0.2) is 88.3 Å². The molecule has 4 heterocycles. The lowest BCUT2D eigenvalue weighted by molar-refractivity contribution is 0.321. The zero-order chi connectivity index (χ0) is 28.6. The Labute approximate surface area is 240 Å². The van der Waals surface area contributed by atoms with E-state index < -0.39 is 0 Å². The average molecular weight is 565 g/mol. The van der Waals surface area contributed by atoms with E-state index in [0.29, 0.717) is 23.7 Å². The van der Waals surface area contributed by atoms with E-state index in [4.69, 9.17) is 15.2 Å². The molecule has 10 heteroatoms. The molecule has 2 N–H and O–H groups in total. The number of hydrogen-bond donors (Lipinski definition) is 2. The number of rotatable bonds is 7. The van der Waals surface area contributed by atoms with Crippen molar-refractivity contribution in [3.8, 4) is 5.75 Å². The molecule has 0 saturated heterocycles. The van der Waals surface area contributed by atoms with Crippen molar-refractivity contribution in [2.75, 3.05) is 12.4 Å². The Bertz CT molecular complexity index is 1890. The molecule has 41 heavy (non-hydrogen) atoms. The Morgan fingerprint density at radius 3 is 1.93 bits per heavy atom. The van der Waals surface area contributed by atoms with Crippen LogP contribution >= 0.6 is 11.8 Å². The first-order valence-corrected chi connectivity index (χ1v) is 14.1. The minimum Gasteiger partial charge on any atom is -0.493 e. The highest BCUT2D eigenvalue weighted by atomic mass is 32.2. The summed E-state index contributed by atoms with van der Waals surface area (Å²) < 4.78 is 5.64. The minimum atomic E-state index is 0.529. The molecule has 0 fully saturated rings. The van der Waals surface area contributed by atoms with E-state index in [1.807, 2.05) is 49.4 Å². The molecule has 0 bridgehead atoms. The average Bonchev–Trinajstić information content (AvgIpc) is 3.00. The van der Waals surface area contributed by atoms with Crippen LogP contribution in [0.25, 0.3) is 43.6 Å². The fraction of sp³-hybridized carbons (Fsp3) is 0.161. The van der Waals surface area contributed by atoms with Gasteiger partial charge >= 0.3 is 0 Å². The summed E-state index contributed by atoms with van der Waals surface area (Å²) in [5.74, 6) is 1.75. The van der Waals surface area contributed by atoms with Crippen molar-refractivity contribution in [3.05, 3.63) is 84.4 Å². The Balaban J connectivity index is 0.000000165. The smallest absolute Gasteiger partial charge is 0.130 e. The van der Waals surface area contributed by atoms with Gasteiger partial charge in [-0.25, -0.2) is 9.97 Å². The van der Waals surface area contributed by atoms with E-state index in [2.05, 4.69) is 49.3 Å². The van der Waals surface area contributed by atoms with Gasteiger partial charge in [0.25, 0.3) is 0 Å². The minimum absolute atomic E-state index is 0.529. The maximum absolute atomic E-state index is 8.78. The van der Waals surface area contributed by atoms with Gasteiger partial charge in [-0.2, -0.15) is 0 Å². The van der Waals surface area contributed by atoms with E-state index >= 15 is 0 Å². The summed E-state index contributed by atoms with van der Waals surface area (Å²) in [4.78, 5) is 19.0. The third-order valence-corrected chi connectivity index (χ3v) is 7.47. The number of nitrogens with zero attached hydrogens (tertiary/aromatic N) is 6. The normalized spacial score (nSPS) is 11.6. The highest BCUT2D eigenvalue weighted by Gasteiger charge is 2.11. The molecular formula is C31H28N6O3S. The van der Waals surface area contributed by atoms with E-state index in [0.717, 1.165) is 60.7 Å². The maximum Gasteiger partial charge on any atom is 0.130 e. The Morgan fingerprint density at radius 2 is 1.34 bits per heavy atom. The van der Waals surface area contributed by atoms with Gasteiger partial charge in [0.2, 0.25) is 0 Å². The Kier molecular flexibility index (Phi) is 8.80. The van der Waals surface area contributed by atoms with E-state index in [1.54, 1.807) is 30.2 Å². The van der Waals surface area contributed by atoms with Gasteiger partial charge in [-0.15, -0.1) is 11.8 Å². The molecule has 0 amide bonds. The third kappa shape index (κ3) is 6.02. The number of hydrogen-bond acceptors (Lipinski definition) is 10. The second-order valence-corrected chi connectivity index (χ2v) is 10.1. The van der Waals surface area contributed by atoms with Crippen LogP contribution in [0.5, 0.6) is 5.75 Å². The first kappa shape index (κ1) is 27.7. The highest BCUT2D eigenvalue weighted by molar-refractivity contribution is 7.99. The lowest BCUT2D eigenvalue weighted by Crippen LogP contribution is -1.98. The van der Waals surface area contributed by atoms with Crippen molar-refractivity contribution >= 4 is 67.8 Å². The number of benzene rings is 2. The van der Waals surface area contributed by atoms with Crippen LogP contribution in [0.2, 0.25) is 0 Å². The number of pyridine rings is 4. The summed E-state index contributed by atoms with van der Waals surface area (Å²) in [6.45, 7) is 4.63. The van der Waals surface area contributed by atoms with Crippen molar-refractivity contribution in [3.63, 3.8) is 0 Å². The fourth-order valence-electron chi connectivity index (χ4n) is 4.49. The molecule has 0 aliphatic rings. The molecule has 6 aromatic rings. The summed E-state index contributed by atoms with van der Waals surface area (Å²) >= 11 is 1.79. The fourth-order valence-corrected chi connectivity index (χ4v) is 5.44. The summed E-state index contributed by atoms with van der Waals surface area (Å²) in [5.41, 5.74) is 4.44. The molecule has 0 aliphatic carbocycles. The predicted octanol–water partition coefficient (Wildman–Crippen LogP) is 7.08. The van der Waals surface area contributed by atoms with Gasteiger partial charge in [-0.3, -0.25) is 9.97 Å². The van der Waals surface area contributed by atoms with Gasteiger partial charge in [0.05, 0.1) is 47.0 Å². The van der Waals surface area contributed by atoms with Gasteiger partial charge in [-0.05, 0) is 43.4 Å². The third-order valence-electron chi connectivity index (χ3n) is 6.21. The van der Waals surface area contributed by atoms with Gasteiger partial charge in [0.15, 0.2) is 0 Å². The van der Waals surface area contributed by atoms with Crippen LogP contribution in [-0.2, 0) is 0 Å². The molecular weight excluding hydrogens is 536 g/mol. The molecule has 0 atom stereocenters. The quantitative estimate of drug-likeness (QED) is 0.0692. The zero-order valence-corrected chi connectivity index (χ0v) is 23.4. The number of ether oxygens (including phenoxy) is 1. The van der Waals surface area contributed by atoms with Crippen LogP contribution < -0.4 is 4.74 Å². The van der Waals surface area contributed by atoms with Crippen LogP contribution in [-0.4, -0.2) is 55.1 Å². The van der Waals surface area contributed by atoms with Crippen molar-refractivity contribution in [1.29, 1.82) is 0 Å². The molecule has 0 unspecified atom stereocenters. The molecule has 0 aliphatic heterocycles. The largest absolute Gasteiger partial charge is 0.493 e. The molecule has 206 valence electrons. The van der Waals surface area contributed by atoms with Crippen molar-refractivity contribution in [1.82, 2.24) is 19.9 Å². The van der Waals surface area contributed by atoms with Crippen LogP contribution in [0.1, 0.15) is 31.7 Å². The summed E-state index contributed by atoms with van der Waals surface area (Å²) in [7, 11) is 0. The van der Waals surface area contributed by atoms with E-state index in [9.17, 15) is 0 Å². The molecule has 0 radical (unpaired) electrons. The van der Waals surface area contributed by atoms with E-state index in [-0.39, 0.29) is 0 Å². The first-order valence-electron chi connectivity index (χ1n) is 13.1. The molecule has 0 spiro atoms. The van der Waals surface area contributed by atoms with Gasteiger partial charge in [0.1, 0.15) is 11.3 Å². The highest BCUT2D eigenvalue weighted by Crippen LogP contribution is 2.32. The van der Waals surface area contributed by atoms with E-state index in [1.165, 1.54) is 12.4 Å². The van der Waals surface area contributed by atoms with Crippen LogP contribution in [0.4, 0.5) is 0 Å². The number of oxime groups is 2. The van der Waals surface area contributed by atoms with Gasteiger partial charge in [0, 0.05) is 44.9 Å². The van der Waals surface area contributed by atoms with Crippen molar-refractivity contribution < 1.29 is 15.2 Å². The number of thioether (sulfide) groups is 1. The molecule has 2 aromatic carbocycles. The Morgan fingerprint density at radius 1 is 0.756 bits per heavy atom. The molecule has 9 nitrogen and oxygen atoms in total. The second-order valence-electron chi connectivity index (χ2n) is 8.93. The van der Waals surface area contributed by atoms with Crippen LogP contribution in [0, 0.1) is 0 Å². The molecule has 4 aromatic heterocycles. The standard InChI is InChI=1S/C16H15N3OS.C15H13N3O2/c1-2-8-21-14-9-12(10-18-20)19-16-13(14)6-5-11-4-3-7-17-15(11)16;1-2-20-13-8-11(9-17-19)18-15-12(13)6-5-10-4-3-7-16-14(10)15/h3-7,9-10,20H,2,8H2,1H3;3-9,19H,2H2,1H3. The number of aromatic nitrogens is 4. The summed E-state index contributed by atoms with van der Waals surface area (Å²) in [5, 5.41) is 27.7. The monoisotopic (exact) mass is 564 g/mol. The lowest BCUT2D eigenvalue weighted by atomic mass is 10.1. The molecule has 6 rings (SSSR count). The summed E-state index contributed by atoms with van der Waals surface area (Å²) in [6, 6.07) is 19.6. The topological polar surface area (TPSA) is 126 Å². The lowest BCUT2D eigenvalue weighted by Gasteiger charge is -2.09. The maximum atomic E-state index is 8.78. The number of fused-ring (bicyclic) bond motifs is 6. The van der Waals surface area contributed by atoms with Gasteiger partial charge < -0.3 is 15.2 Å². The van der Waals surface area contributed by atoms with Crippen molar-refractivity contribution in [2.45, 2.75) is 25.2 Å². The predicted molar refractivity (Wildman–Crippen MR) is 165 cm³/mol. The van der Waals surface area contributed by atoms with Gasteiger partial charge in [-0.1, -0.05) is 47.6 Å². The van der Waals surface area contributed by atoms with Crippen molar-refractivity contribution in [2.24, 2.45) is 10.3 Å². The zero-order valence-electron chi connectivity index (χ0n) is 22.6. The molecule has 0 saturated carbocycles. The SMILES string of the molecule is CCCSc1cc(C=NO)nc2c1ccc1cccnc12.CCOc1cc(C=NO)nc2c1ccc1cccnc12.